The number of hydrogen-bond donors (Lipinski definition) is 0. The Morgan fingerprint density at radius 3 is 2.75 bits per heavy atom. The second-order valence-electron chi connectivity index (χ2n) is 9.74. The van der Waals surface area contributed by atoms with Crippen LogP contribution in [-0.4, -0.2) is 54.2 Å². The fourth-order valence-electron chi connectivity index (χ4n) is 4.87. The Kier molecular flexibility index (Phi) is 8.70. The predicted molar refractivity (Wildman–Crippen MR) is 145 cm³/mol. The summed E-state index contributed by atoms with van der Waals surface area (Å²) >= 11 is 6.00. The Morgan fingerprint density at radius 1 is 1.25 bits per heavy atom. The number of ether oxygens (including phenoxy) is 2. The molecule has 0 saturated carbocycles. The summed E-state index contributed by atoms with van der Waals surface area (Å²) in [4.78, 5) is 22.2. The first-order valence-corrected chi connectivity index (χ1v) is 13.2. The van der Waals surface area contributed by atoms with E-state index >= 15 is 0 Å². The van der Waals surface area contributed by atoms with E-state index in [0.29, 0.717) is 16.6 Å². The maximum atomic E-state index is 12.8. The molecule has 0 N–H and O–H groups in total. The lowest BCUT2D eigenvalue weighted by Crippen LogP contribution is -2.39. The summed E-state index contributed by atoms with van der Waals surface area (Å²) in [5.41, 5.74) is 2.85. The van der Waals surface area contributed by atoms with Gasteiger partial charge in [-0.3, -0.25) is 4.90 Å². The van der Waals surface area contributed by atoms with Gasteiger partial charge in [0.15, 0.2) is 0 Å². The van der Waals surface area contributed by atoms with E-state index in [4.69, 9.17) is 21.1 Å². The molecule has 4 rings (SSSR count). The molecule has 0 amide bonds. The van der Waals surface area contributed by atoms with Crippen molar-refractivity contribution in [1.82, 2.24) is 9.88 Å². The first kappa shape index (κ1) is 26.2. The molecule has 2 aliphatic rings. The number of hydrogen-bond acceptors (Lipinski definition) is 6. The fraction of sp³-hybridized carbons (Fsp3) is 0.448. The molecule has 1 fully saturated rings. The van der Waals surface area contributed by atoms with E-state index in [1.165, 1.54) is 5.57 Å². The van der Waals surface area contributed by atoms with Crippen LogP contribution < -0.4 is 9.64 Å². The number of nitrogens with zero attached hydrogens (tertiary/aromatic N) is 3. The summed E-state index contributed by atoms with van der Waals surface area (Å²) in [6.07, 6.45) is 8.96. The van der Waals surface area contributed by atoms with Gasteiger partial charge in [-0.15, -0.1) is 0 Å². The lowest BCUT2D eigenvalue weighted by molar-refractivity contribution is 0.0377. The molecule has 6 nitrogen and oxygen atoms in total. The number of esters is 1. The Bertz CT molecular complexity index is 1130. The fourth-order valence-corrected chi connectivity index (χ4v) is 4.99. The van der Waals surface area contributed by atoms with Crippen molar-refractivity contribution in [2.24, 2.45) is 0 Å². The van der Waals surface area contributed by atoms with Crippen LogP contribution >= 0.6 is 11.6 Å². The molecule has 2 heterocycles. The summed E-state index contributed by atoms with van der Waals surface area (Å²) in [6.45, 7) is 11.5. The molecule has 1 aromatic heterocycles. The smallest absolute Gasteiger partial charge is 0.342 e. The molecule has 1 aliphatic heterocycles. The van der Waals surface area contributed by atoms with Gasteiger partial charge < -0.3 is 14.4 Å². The highest BCUT2D eigenvalue weighted by Crippen LogP contribution is 2.29. The van der Waals surface area contributed by atoms with Gasteiger partial charge in [-0.05, 0) is 94.6 Å². The van der Waals surface area contributed by atoms with Crippen LogP contribution in [0.3, 0.4) is 0 Å². The average Bonchev–Trinajstić information content (AvgIpc) is 3.33. The van der Waals surface area contributed by atoms with Crippen LogP contribution in [0.4, 0.5) is 5.82 Å². The Morgan fingerprint density at radius 2 is 2.03 bits per heavy atom. The number of allylic oxidation sites excluding steroid dienone is 2. The van der Waals surface area contributed by atoms with E-state index in [-0.39, 0.29) is 12.1 Å². The minimum Gasteiger partial charge on any atom is -0.459 e. The third kappa shape index (κ3) is 6.48. The quantitative estimate of drug-likeness (QED) is 0.375. The van der Waals surface area contributed by atoms with Gasteiger partial charge in [-0.2, -0.15) is 0 Å². The van der Waals surface area contributed by atoms with Gasteiger partial charge in [-0.1, -0.05) is 24.1 Å². The van der Waals surface area contributed by atoms with Crippen molar-refractivity contribution >= 4 is 23.4 Å². The monoisotopic (exact) mass is 509 g/mol. The van der Waals surface area contributed by atoms with E-state index in [2.05, 4.69) is 33.9 Å². The van der Waals surface area contributed by atoms with Crippen molar-refractivity contribution in [3.8, 4) is 5.75 Å². The minimum atomic E-state index is -0.297. The number of halogens is 1. The number of rotatable bonds is 9. The van der Waals surface area contributed by atoms with Gasteiger partial charge in [0.1, 0.15) is 22.9 Å². The summed E-state index contributed by atoms with van der Waals surface area (Å²) in [7, 11) is 0. The largest absolute Gasteiger partial charge is 0.459 e. The number of benzene rings is 1. The minimum absolute atomic E-state index is 0.168. The molecule has 0 radical (unpaired) electrons. The second-order valence-corrected chi connectivity index (χ2v) is 10.2. The van der Waals surface area contributed by atoms with Crippen LogP contribution in [0.1, 0.15) is 56.0 Å². The lowest BCUT2D eigenvalue weighted by Gasteiger charge is -2.30. The van der Waals surface area contributed by atoms with E-state index in [0.717, 1.165) is 68.3 Å². The highest BCUT2D eigenvalue weighted by atomic mass is 35.5. The molecule has 0 bridgehead atoms. The first-order chi connectivity index (χ1) is 17.3. The molecule has 2 aromatic rings. The van der Waals surface area contributed by atoms with Crippen LogP contribution in [-0.2, 0) is 4.74 Å². The zero-order valence-electron chi connectivity index (χ0n) is 21.7. The molecule has 1 aliphatic carbocycles. The van der Waals surface area contributed by atoms with E-state index in [9.17, 15) is 4.79 Å². The Hall–Kier alpha value is -2.83. The molecule has 1 atom stereocenters. The van der Waals surface area contributed by atoms with Crippen LogP contribution in [0, 0.1) is 6.92 Å². The maximum Gasteiger partial charge on any atom is 0.342 e. The van der Waals surface area contributed by atoms with Gasteiger partial charge in [0.05, 0.1) is 6.10 Å². The maximum absolute atomic E-state index is 12.8. The molecule has 7 heteroatoms. The number of pyridine rings is 1. The average molecular weight is 510 g/mol. The molecule has 1 unspecified atom stereocenters. The molecular weight excluding hydrogens is 474 g/mol. The zero-order chi connectivity index (χ0) is 25.7. The number of carbonyl (C=O) groups is 1. The molecule has 1 aromatic carbocycles. The summed E-state index contributed by atoms with van der Waals surface area (Å²) in [5.74, 6) is 2.12. The highest BCUT2D eigenvalue weighted by Gasteiger charge is 2.31. The number of aromatic nitrogens is 1. The third-order valence-electron chi connectivity index (χ3n) is 6.68. The molecule has 1 saturated heterocycles. The highest BCUT2D eigenvalue weighted by molar-refractivity contribution is 6.30. The van der Waals surface area contributed by atoms with Gasteiger partial charge in [0.25, 0.3) is 0 Å². The molecule has 36 heavy (non-hydrogen) atoms. The molecule has 0 spiro atoms. The van der Waals surface area contributed by atoms with Crippen molar-refractivity contribution in [2.45, 2.75) is 59.1 Å². The van der Waals surface area contributed by atoms with Crippen molar-refractivity contribution in [3.63, 3.8) is 0 Å². The Balaban J connectivity index is 1.43. The number of anilines is 1. The van der Waals surface area contributed by atoms with Gasteiger partial charge in [-0.25, -0.2) is 9.78 Å². The van der Waals surface area contributed by atoms with Crippen LogP contribution in [0.15, 0.2) is 60.0 Å². The summed E-state index contributed by atoms with van der Waals surface area (Å²) < 4.78 is 11.6. The van der Waals surface area contributed by atoms with Crippen LogP contribution in [0.25, 0.3) is 0 Å². The van der Waals surface area contributed by atoms with Gasteiger partial charge in [0, 0.05) is 36.9 Å². The number of aryl methyl sites for hydroxylation is 1. The summed E-state index contributed by atoms with van der Waals surface area (Å²) in [6, 6.07) is 9.72. The number of carbonyl (C=O) groups excluding carboxylic acids is 1. The zero-order valence-corrected chi connectivity index (χ0v) is 22.4. The lowest BCUT2D eigenvalue weighted by atomic mass is 10.0. The Labute approximate surface area is 219 Å². The third-order valence-corrected chi connectivity index (χ3v) is 6.94. The van der Waals surface area contributed by atoms with Crippen LogP contribution in [0.2, 0.25) is 5.02 Å². The van der Waals surface area contributed by atoms with Crippen LogP contribution in [0.5, 0.6) is 5.75 Å². The SMILES string of the molecule is CCN(CC1=CC(Oc2ccc(Cl)cc2)=CCC1)C1CCN(c2nccc(C)c2C(=O)OC(C)C)C1. The van der Waals surface area contributed by atoms with Crippen molar-refractivity contribution in [1.29, 1.82) is 0 Å². The van der Waals surface area contributed by atoms with E-state index < -0.39 is 0 Å². The van der Waals surface area contributed by atoms with Crippen molar-refractivity contribution < 1.29 is 14.3 Å². The standard InChI is InChI=1S/C29H36ClN3O3/c1-5-32(18-22-7-6-8-26(17-22)36-25-11-9-23(30)10-12-25)24-14-16-33(19-24)28-27(21(4)13-15-31-28)29(34)35-20(2)3/h8-13,15,17,20,24H,5-7,14,16,18-19H2,1-4H3. The second kappa shape index (κ2) is 11.9. The first-order valence-electron chi connectivity index (χ1n) is 12.8. The normalized spacial score (nSPS) is 17.9. The molecular formula is C29H36ClN3O3. The van der Waals surface area contributed by atoms with Gasteiger partial charge in [0.2, 0.25) is 0 Å². The molecule has 192 valence electrons. The topological polar surface area (TPSA) is 54.9 Å². The number of likely N-dealkylation sites (N-methyl/N-ethyl adjacent to an activating group) is 1. The summed E-state index contributed by atoms with van der Waals surface area (Å²) in [5, 5.41) is 0.699. The van der Waals surface area contributed by atoms with E-state index in [1.807, 2.05) is 51.1 Å². The predicted octanol–water partition coefficient (Wildman–Crippen LogP) is 6.19. The van der Waals surface area contributed by atoms with Crippen molar-refractivity contribution in [3.05, 3.63) is 76.2 Å². The van der Waals surface area contributed by atoms with E-state index in [1.54, 1.807) is 6.20 Å². The van der Waals surface area contributed by atoms with Gasteiger partial charge >= 0.3 is 5.97 Å². The van der Waals surface area contributed by atoms with Crippen molar-refractivity contribution in [2.75, 3.05) is 31.1 Å².